The minimum Gasteiger partial charge on any atom is -0.294 e. The van der Waals surface area contributed by atoms with Crippen molar-refractivity contribution in [1.29, 1.82) is 0 Å². The first-order valence-electron chi connectivity index (χ1n) is 4.46. The lowest BCUT2D eigenvalue weighted by Crippen LogP contribution is -1.94. The molecule has 2 aromatic rings. The summed E-state index contributed by atoms with van der Waals surface area (Å²) in [6.07, 6.45) is 3.88. The van der Waals surface area contributed by atoms with E-state index in [9.17, 15) is 4.79 Å². The van der Waals surface area contributed by atoms with Crippen LogP contribution in [0.1, 0.15) is 16.2 Å². The number of carbonyl (C=O) groups is 1. The summed E-state index contributed by atoms with van der Waals surface area (Å²) < 4.78 is 1.50. The first-order valence-corrected chi connectivity index (χ1v) is 4.46. The van der Waals surface area contributed by atoms with Gasteiger partial charge in [-0.05, 0) is 18.1 Å². The zero-order chi connectivity index (χ0) is 10.5. The summed E-state index contributed by atoms with van der Waals surface area (Å²) in [5, 5.41) is 0. The Bertz CT molecular complexity index is 517. The lowest BCUT2D eigenvalue weighted by Gasteiger charge is -1.90. The van der Waals surface area contributed by atoms with Crippen LogP contribution in [0.15, 0.2) is 42.7 Å². The molecule has 1 heterocycles. The smallest absolute Gasteiger partial charge is 0.186 e. The number of benzene rings is 1. The first-order chi connectivity index (χ1) is 7.40. The molecule has 0 amide bonds. The summed E-state index contributed by atoms with van der Waals surface area (Å²) in [6, 6.07) is 12.4. The minimum absolute atomic E-state index is 0.318. The van der Waals surface area contributed by atoms with Crippen LogP contribution in [0.25, 0.3) is 0 Å². The van der Waals surface area contributed by atoms with Crippen LogP contribution in [0.5, 0.6) is 0 Å². The van der Waals surface area contributed by atoms with Crippen molar-refractivity contribution in [2.45, 2.75) is 0 Å². The molecule has 0 unspecified atom stereocenters. The lowest BCUT2D eigenvalue weighted by molar-refractivity contribution is 0.111. The fourth-order valence-electron chi connectivity index (χ4n) is 1.14. The largest absolute Gasteiger partial charge is 0.294 e. The number of aromatic nitrogens is 2. The predicted molar refractivity (Wildman–Crippen MR) is 56.3 cm³/mol. The van der Waals surface area contributed by atoms with E-state index in [0.717, 1.165) is 5.56 Å². The van der Waals surface area contributed by atoms with E-state index < -0.39 is 0 Å². The van der Waals surface area contributed by atoms with Gasteiger partial charge in [0.15, 0.2) is 12.1 Å². The summed E-state index contributed by atoms with van der Waals surface area (Å²) in [5.74, 6) is 3.25. The van der Waals surface area contributed by atoms with Crippen LogP contribution in [0, 0.1) is 12.0 Å². The van der Waals surface area contributed by atoms with E-state index in [-0.39, 0.29) is 0 Å². The van der Waals surface area contributed by atoms with Crippen LogP contribution < -0.4 is 0 Å². The summed E-state index contributed by atoms with van der Waals surface area (Å²) in [5.41, 5.74) is 0.906. The molecule has 0 saturated carbocycles. The lowest BCUT2D eigenvalue weighted by atomic mass is 10.2. The highest BCUT2D eigenvalue weighted by molar-refractivity contribution is 5.69. The fourth-order valence-corrected chi connectivity index (χ4v) is 1.14. The second kappa shape index (κ2) is 4.25. The van der Waals surface area contributed by atoms with Gasteiger partial charge < -0.3 is 0 Å². The maximum atomic E-state index is 10.5. The molecule has 0 bridgehead atoms. The van der Waals surface area contributed by atoms with Crippen LogP contribution in [0.4, 0.5) is 0 Å². The number of imidazole rings is 1. The van der Waals surface area contributed by atoms with Crippen LogP contribution in [0.2, 0.25) is 0 Å². The van der Waals surface area contributed by atoms with E-state index in [0.29, 0.717) is 12.1 Å². The number of hydrogen-bond acceptors (Lipinski definition) is 2. The van der Waals surface area contributed by atoms with Crippen molar-refractivity contribution in [3.05, 3.63) is 54.1 Å². The second-order valence-corrected chi connectivity index (χ2v) is 2.88. The molecule has 0 aliphatic heterocycles. The van der Waals surface area contributed by atoms with Gasteiger partial charge in [0.05, 0.1) is 0 Å². The van der Waals surface area contributed by atoms with Crippen molar-refractivity contribution in [3.8, 4) is 12.0 Å². The molecule has 2 rings (SSSR count). The molecule has 0 spiro atoms. The molecule has 3 nitrogen and oxygen atoms in total. The molecule has 72 valence electrons. The third-order valence-corrected chi connectivity index (χ3v) is 1.87. The first kappa shape index (κ1) is 9.22. The monoisotopic (exact) mass is 196 g/mol. The van der Waals surface area contributed by atoms with Gasteiger partial charge in [0.25, 0.3) is 0 Å². The van der Waals surface area contributed by atoms with Gasteiger partial charge in [-0.25, -0.2) is 4.98 Å². The van der Waals surface area contributed by atoms with Gasteiger partial charge in [-0.2, -0.15) is 0 Å². The molecule has 3 heteroatoms. The zero-order valence-corrected chi connectivity index (χ0v) is 7.92. The zero-order valence-electron chi connectivity index (χ0n) is 7.92. The molecule has 15 heavy (non-hydrogen) atoms. The van der Waals surface area contributed by atoms with Crippen molar-refractivity contribution < 1.29 is 4.79 Å². The highest BCUT2D eigenvalue weighted by Gasteiger charge is 1.95. The summed E-state index contributed by atoms with van der Waals surface area (Å²) in [6.45, 7) is 0. The standard InChI is InChI=1S/C12H8N2O/c15-10-12-13-7-9-14(12)8-6-11-4-2-1-3-5-11/h1-5,7,9-10H. The normalized spacial score (nSPS) is 9.07. The number of rotatable bonds is 1. The van der Waals surface area contributed by atoms with Gasteiger partial charge in [0, 0.05) is 24.0 Å². The van der Waals surface area contributed by atoms with Gasteiger partial charge in [0.1, 0.15) is 0 Å². The van der Waals surface area contributed by atoms with Crippen molar-refractivity contribution in [2.75, 3.05) is 0 Å². The summed E-state index contributed by atoms with van der Waals surface area (Å²) >= 11 is 0. The van der Waals surface area contributed by atoms with Crippen molar-refractivity contribution in [2.24, 2.45) is 0 Å². The van der Waals surface area contributed by atoms with Crippen molar-refractivity contribution >= 4 is 6.29 Å². The minimum atomic E-state index is 0.318. The van der Waals surface area contributed by atoms with E-state index >= 15 is 0 Å². The third kappa shape index (κ3) is 2.12. The number of carbonyl (C=O) groups excluding carboxylic acids is 1. The maximum absolute atomic E-state index is 10.5. The molecule has 0 aliphatic rings. The highest BCUT2D eigenvalue weighted by Crippen LogP contribution is 1.96. The van der Waals surface area contributed by atoms with Gasteiger partial charge >= 0.3 is 0 Å². The number of hydrogen-bond donors (Lipinski definition) is 0. The van der Waals surface area contributed by atoms with Crippen LogP contribution in [0.3, 0.4) is 0 Å². The Hall–Kier alpha value is -2.34. The number of nitrogens with zero attached hydrogens (tertiary/aromatic N) is 2. The van der Waals surface area contributed by atoms with Crippen LogP contribution >= 0.6 is 0 Å². The highest BCUT2D eigenvalue weighted by atomic mass is 16.1. The Morgan fingerprint density at radius 2 is 2.07 bits per heavy atom. The topological polar surface area (TPSA) is 34.9 Å². The van der Waals surface area contributed by atoms with E-state index in [1.54, 1.807) is 12.4 Å². The fraction of sp³-hybridized carbons (Fsp3) is 0. The van der Waals surface area contributed by atoms with Gasteiger partial charge in [-0.15, -0.1) is 0 Å². The van der Waals surface area contributed by atoms with Crippen molar-refractivity contribution in [1.82, 2.24) is 9.55 Å². The molecule has 0 N–H and O–H groups in total. The van der Waals surface area contributed by atoms with Gasteiger partial charge in [0.2, 0.25) is 0 Å². The number of aldehydes is 1. The van der Waals surface area contributed by atoms with E-state index in [1.165, 1.54) is 4.57 Å². The van der Waals surface area contributed by atoms with E-state index in [1.807, 2.05) is 30.3 Å². The molecule has 1 aromatic heterocycles. The molecule has 0 atom stereocenters. The molecule has 0 saturated heterocycles. The molecule has 0 fully saturated rings. The van der Waals surface area contributed by atoms with Crippen molar-refractivity contribution in [3.63, 3.8) is 0 Å². The summed E-state index contributed by atoms with van der Waals surface area (Å²) in [7, 11) is 0. The van der Waals surface area contributed by atoms with E-state index in [4.69, 9.17) is 0 Å². The quantitative estimate of drug-likeness (QED) is 0.512. The Kier molecular flexibility index (Phi) is 2.61. The predicted octanol–water partition coefficient (Wildman–Crippen LogP) is 1.55. The summed E-state index contributed by atoms with van der Waals surface area (Å²) in [4.78, 5) is 14.4. The van der Waals surface area contributed by atoms with Crippen LogP contribution in [-0.4, -0.2) is 15.8 Å². The van der Waals surface area contributed by atoms with Gasteiger partial charge in [-0.1, -0.05) is 18.2 Å². The third-order valence-electron chi connectivity index (χ3n) is 1.87. The molecular formula is C12H8N2O. The molecular weight excluding hydrogens is 188 g/mol. The van der Waals surface area contributed by atoms with E-state index in [2.05, 4.69) is 16.9 Å². The Morgan fingerprint density at radius 3 is 2.80 bits per heavy atom. The second-order valence-electron chi connectivity index (χ2n) is 2.88. The SMILES string of the molecule is O=Cc1nccn1C#Cc1ccccc1. The van der Waals surface area contributed by atoms with Crippen LogP contribution in [-0.2, 0) is 0 Å². The molecule has 0 radical (unpaired) electrons. The molecule has 1 aromatic carbocycles. The Labute approximate surface area is 87.4 Å². The molecule has 0 aliphatic carbocycles. The maximum Gasteiger partial charge on any atom is 0.186 e. The van der Waals surface area contributed by atoms with Gasteiger partial charge in [-0.3, -0.25) is 9.36 Å². The Morgan fingerprint density at radius 1 is 1.27 bits per heavy atom. The average molecular weight is 196 g/mol. The average Bonchev–Trinajstić information content (AvgIpc) is 2.75. The Balaban J connectivity index is 2.30.